The molecule has 0 spiro atoms. The standard InChI is InChI=1S/C7H14N2O3/c10-7(8-11)1-2-9-3-5-12-6-4-9/h11H,1-6H2,(H,8,10). The topological polar surface area (TPSA) is 61.8 Å². The van der Waals surface area contributed by atoms with Gasteiger partial charge in [-0.1, -0.05) is 0 Å². The molecule has 1 aliphatic rings. The van der Waals surface area contributed by atoms with Gasteiger partial charge in [0.25, 0.3) is 0 Å². The Balaban J connectivity index is 2.09. The van der Waals surface area contributed by atoms with Crippen LogP contribution in [0.1, 0.15) is 6.42 Å². The highest BCUT2D eigenvalue weighted by molar-refractivity contribution is 5.74. The highest BCUT2D eigenvalue weighted by Crippen LogP contribution is 1.97. The van der Waals surface area contributed by atoms with E-state index >= 15 is 0 Å². The third-order valence-corrected chi connectivity index (χ3v) is 1.88. The number of nitrogens with one attached hydrogen (secondary N) is 1. The van der Waals surface area contributed by atoms with Crippen LogP contribution in [0.2, 0.25) is 0 Å². The van der Waals surface area contributed by atoms with Crippen LogP contribution in [0.15, 0.2) is 0 Å². The Bertz CT molecular complexity index is 146. The first-order chi connectivity index (χ1) is 5.83. The van der Waals surface area contributed by atoms with Crippen molar-refractivity contribution >= 4 is 5.91 Å². The number of morpholine rings is 1. The molecule has 0 aromatic rings. The van der Waals surface area contributed by atoms with Crippen molar-refractivity contribution in [2.75, 3.05) is 32.8 Å². The second-order valence-electron chi connectivity index (χ2n) is 2.74. The second-order valence-corrected chi connectivity index (χ2v) is 2.74. The molecule has 2 N–H and O–H groups in total. The van der Waals surface area contributed by atoms with E-state index in [-0.39, 0.29) is 5.91 Å². The smallest absolute Gasteiger partial charge is 0.244 e. The van der Waals surface area contributed by atoms with Crippen LogP contribution in [0, 0.1) is 0 Å². The van der Waals surface area contributed by atoms with E-state index in [9.17, 15) is 4.79 Å². The van der Waals surface area contributed by atoms with Gasteiger partial charge in [-0.05, 0) is 0 Å². The van der Waals surface area contributed by atoms with E-state index in [2.05, 4.69) is 4.90 Å². The first kappa shape index (κ1) is 9.44. The summed E-state index contributed by atoms with van der Waals surface area (Å²) in [6.45, 7) is 3.91. The molecule has 1 amide bonds. The molecular formula is C7H14N2O3. The van der Waals surface area contributed by atoms with E-state index in [1.165, 1.54) is 0 Å². The molecule has 1 aliphatic heterocycles. The molecule has 0 aromatic heterocycles. The summed E-state index contributed by atoms with van der Waals surface area (Å²) in [7, 11) is 0. The van der Waals surface area contributed by atoms with Gasteiger partial charge < -0.3 is 4.74 Å². The van der Waals surface area contributed by atoms with Gasteiger partial charge in [0.2, 0.25) is 5.91 Å². The van der Waals surface area contributed by atoms with Crippen LogP contribution in [0.3, 0.4) is 0 Å². The zero-order valence-electron chi connectivity index (χ0n) is 6.95. The van der Waals surface area contributed by atoms with Crippen molar-refractivity contribution in [1.29, 1.82) is 0 Å². The van der Waals surface area contributed by atoms with Gasteiger partial charge >= 0.3 is 0 Å². The summed E-state index contributed by atoms with van der Waals surface area (Å²) >= 11 is 0. The molecule has 0 bridgehead atoms. The second kappa shape index (κ2) is 5.08. The molecule has 1 saturated heterocycles. The zero-order chi connectivity index (χ0) is 8.81. The minimum atomic E-state index is -0.332. The van der Waals surface area contributed by atoms with Crippen molar-refractivity contribution < 1.29 is 14.7 Å². The first-order valence-electron chi connectivity index (χ1n) is 4.06. The number of hydrogen-bond acceptors (Lipinski definition) is 4. The molecule has 0 atom stereocenters. The molecule has 0 saturated carbocycles. The summed E-state index contributed by atoms with van der Waals surface area (Å²) in [4.78, 5) is 12.8. The number of rotatable bonds is 3. The van der Waals surface area contributed by atoms with Gasteiger partial charge in [0.05, 0.1) is 13.2 Å². The zero-order valence-corrected chi connectivity index (χ0v) is 6.95. The summed E-state index contributed by atoms with van der Waals surface area (Å²) in [6, 6.07) is 0. The van der Waals surface area contributed by atoms with Gasteiger partial charge in [-0.25, -0.2) is 5.48 Å². The summed E-state index contributed by atoms with van der Waals surface area (Å²) in [5.74, 6) is -0.332. The molecule has 1 rings (SSSR count). The predicted octanol–water partition coefficient (Wildman–Crippen LogP) is -0.786. The van der Waals surface area contributed by atoms with Crippen LogP contribution >= 0.6 is 0 Å². The number of carbonyl (C=O) groups excluding carboxylic acids is 1. The van der Waals surface area contributed by atoms with Crippen LogP contribution in [0.25, 0.3) is 0 Å². The lowest BCUT2D eigenvalue weighted by Crippen LogP contribution is -2.38. The number of carbonyl (C=O) groups is 1. The minimum Gasteiger partial charge on any atom is -0.379 e. The number of hydrogen-bond donors (Lipinski definition) is 2. The molecule has 1 fully saturated rings. The lowest BCUT2D eigenvalue weighted by Gasteiger charge is -2.25. The molecule has 70 valence electrons. The SMILES string of the molecule is O=C(CCN1CCOCC1)NO. The van der Waals surface area contributed by atoms with Crippen molar-refractivity contribution in [3.63, 3.8) is 0 Å². The van der Waals surface area contributed by atoms with Crippen molar-refractivity contribution in [3.05, 3.63) is 0 Å². The van der Waals surface area contributed by atoms with E-state index in [4.69, 9.17) is 9.94 Å². The third kappa shape index (κ3) is 3.17. The van der Waals surface area contributed by atoms with Gasteiger partial charge in [0.15, 0.2) is 0 Å². The van der Waals surface area contributed by atoms with Gasteiger partial charge in [-0.3, -0.25) is 14.9 Å². The molecule has 0 unspecified atom stereocenters. The van der Waals surface area contributed by atoms with Crippen molar-refractivity contribution in [3.8, 4) is 0 Å². The van der Waals surface area contributed by atoms with Crippen LogP contribution in [-0.4, -0.2) is 48.9 Å². The fourth-order valence-electron chi connectivity index (χ4n) is 1.14. The average Bonchev–Trinajstić information content (AvgIpc) is 2.16. The van der Waals surface area contributed by atoms with E-state index in [0.717, 1.165) is 26.3 Å². The van der Waals surface area contributed by atoms with Gasteiger partial charge in [0, 0.05) is 26.1 Å². The molecule has 12 heavy (non-hydrogen) atoms. The van der Waals surface area contributed by atoms with Crippen LogP contribution < -0.4 is 5.48 Å². The average molecular weight is 174 g/mol. The molecule has 5 nitrogen and oxygen atoms in total. The molecule has 0 aromatic carbocycles. The lowest BCUT2D eigenvalue weighted by atomic mass is 10.3. The summed E-state index contributed by atoms with van der Waals surface area (Å²) in [5.41, 5.74) is 1.61. The maximum Gasteiger partial charge on any atom is 0.244 e. The van der Waals surface area contributed by atoms with E-state index in [0.29, 0.717) is 13.0 Å². The highest BCUT2D eigenvalue weighted by Gasteiger charge is 2.10. The molecular weight excluding hydrogens is 160 g/mol. The van der Waals surface area contributed by atoms with Gasteiger partial charge in [-0.2, -0.15) is 0 Å². The Morgan fingerprint density at radius 2 is 2.17 bits per heavy atom. The normalized spacial score (nSPS) is 19.1. The Hall–Kier alpha value is -0.650. The fourth-order valence-corrected chi connectivity index (χ4v) is 1.14. The summed E-state index contributed by atoms with van der Waals surface area (Å²) in [6.07, 6.45) is 0.344. The number of amides is 1. The van der Waals surface area contributed by atoms with E-state index in [1.807, 2.05) is 0 Å². The van der Waals surface area contributed by atoms with Crippen molar-refractivity contribution in [1.82, 2.24) is 10.4 Å². The van der Waals surface area contributed by atoms with Crippen LogP contribution in [0.4, 0.5) is 0 Å². The summed E-state index contributed by atoms with van der Waals surface area (Å²) < 4.78 is 5.14. The Morgan fingerprint density at radius 3 is 2.75 bits per heavy atom. The van der Waals surface area contributed by atoms with Crippen molar-refractivity contribution in [2.45, 2.75) is 6.42 Å². The third-order valence-electron chi connectivity index (χ3n) is 1.88. The largest absolute Gasteiger partial charge is 0.379 e. The van der Waals surface area contributed by atoms with E-state index in [1.54, 1.807) is 5.48 Å². The summed E-state index contributed by atoms with van der Waals surface area (Å²) in [5, 5.41) is 8.22. The Labute approximate surface area is 71.3 Å². The molecule has 0 radical (unpaired) electrons. The van der Waals surface area contributed by atoms with Crippen LogP contribution in [-0.2, 0) is 9.53 Å². The van der Waals surface area contributed by atoms with Crippen molar-refractivity contribution in [2.24, 2.45) is 0 Å². The van der Waals surface area contributed by atoms with Gasteiger partial charge in [-0.15, -0.1) is 0 Å². The predicted molar refractivity (Wildman–Crippen MR) is 41.8 cm³/mol. The minimum absolute atomic E-state index is 0.332. The monoisotopic (exact) mass is 174 g/mol. The number of hydroxylamine groups is 1. The first-order valence-corrected chi connectivity index (χ1v) is 4.06. The number of ether oxygens (including phenoxy) is 1. The van der Waals surface area contributed by atoms with Crippen LogP contribution in [0.5, 0.6) is 0 Å². The Morgan fingerprint density at radius 1 is 1.50 bits per heavy atom. The lowest BCUT2D eigenvalue weighted by molar-refractivity contribution is -0.129. The molecule has 0 aliphatic carbocycles. The number of nitrogens with zero attached hydrogens (tertiary/aromatic N) is 1. The fraction of sp³-hybridized carbons (Fsp3) is 0.857. The molecule has 5 heteroatoms. The maximum absolute atomic E-state index is 10.6. The van der Waals surface area contributed by atoms with E-state index < -0.39 is 0 Å². The highest BCUT2D eigenvalue weighted by atomic mass is 16.5. The Kier molecular flexibility index (Phi) is 3.99. The maximum atomic E-state index is 10.6. The molecule has 1 heterocycles. The quantitative estimate of drug-likeness (QED) is 0.435. The van der Waals surface area contributed by atoms with Gasteiger partial charge in [0.1, 0.15) is 0 Å².